The first-order valence-electron chi connectivity index (χ1n) is 6.90. The van der Waals surface area contributed by atoms with Crippen molar-refractivity contribution in [3.63, 3.8) is 0 Å². The molecule has 0 unspecified atom stereocenters. The van der Waals surface area contributed by atoms with Crippen LogP contribution in [0.1, 0.15) is 11.3 Å². The Hall–Kier alpha value is -3.08. The van der Waals surface area contributed by atoms with Crippen LogP contribution in [0, 0.1) is 6.92 Å². The van der Waals surface area contributed by atoms with E-state index in [1.54, 1.807) is 12.4 Å². The van der Waals surface area contributed by atoms with Crippen LogP contribution < -0.4 is 10.5 Å². The first-order chi connectivity index (χ1) is 10.7. The largest absolute Gasteiger partial charge is 0.457 e. The van der Waals surface area contributed by atoms with Crippen molar-refractivity contribution < 1.29 is 4.74 Å². The van der Waals surface area contributed by atoms with Crippen molar-refractivity contribution in [2.45, 2.75) is 6.92 Å². The van der Waals surface area contributed by atoms with Gasteiger partial charge in [-0.1, -0.05) is 30.3 Å². The predicted octanol–water partition coefficient (Wildman–Crippen LogP) is 3.45. The number of benzene rings is 2. The van der Waals surface area contributed by atoms with Gasteiger partial charge in [0.05, 0.1) is 18.1 Å². The molecule has 1 aromatic heterocycles. The van der Waals surface area contributed by atoms with E-state index in [1.165, 1.54) is 4.68 Å². The van der Waals surface area contributed by atoms with E-state index >= 15 is 0 Å². The highest BCUT2D eigenvalue weighted by Crippen LogP contribution is 2.23. The fourth-order valence-corrected chi connectivity index (χ4v) is 2.02. The molecule has 3 rings (SSSR count). The fraction of sp³-hybridized carbons (Fsp3) is 0.0588. The minimum atomic E-state index is 0.357. The van der Waals surface area contributed by atoms with Gasteiger partial charge in [-0.2, -0.15) is 5.10 Å². The average Bonchev–Trinajstić information content (AvgIpc) is 2.85. The third-order valence-corrected chi connectivity index (χ3v) is 3.05. The number of aryl methyl sites for hydroxylation is 1. The minimum absolute atomic E-state index is 0.357. The van der Waals surface area contributed by atoms with Crippen LogP contribution in [0.25, 0.3) is 0 Å². The van der Waals surface area contributed by atoms with Crippen molar-refractivity contribution in [3.05, 3.63) is 72.1 Å². The molecule has 3 aromatic rings. The SMILES string of the molecule is Cc1cn(N=Cc2ccccc2Oc2ccccc2)c(N)n1. The molecule has 0 saturated heterocycles. The number of nitrogens with two attached hydrogens (primary N) is 1. The zero-order valence-corrected chi connectivity index (χ0v) is 12.2. The summed E-state index contributed by atoms with van der Waals surface area (Å²) in [5, 5.41) is 4.32. The molecule has 0 aliphatic rings. The van der Waals surface area contributed by atoms with Crippen molar-refractivity contribution in [2.24, 2.45) is 5.10 Å². The summed E-state index contributed by atoms with van der Waals surface area (Å²) in [5.74, 6) is 1.87. The molecular weight excluding hydrogens is 276 g/mol. The molecule has 0 fully saturated rings. The summed E-state index contributed by atoms with van der Waals surface area (Å²) in [6, 6.07) is 17.3. The lowest BCUT2D eigenvalue weighted by Crippen LogP contribution is -1.97. The Morgan fingerprint density at radius 3 is 2.55 bits per heavy atom. The minimum Gasteiger partial charge on any atom is -0.457 e. The summed E-state index contributed by atoms with van der Waals surface area (Å²) in [5.41, 5.74) is 7.46. The Bertz CT molecular complexity index is 793. The number of hydrogen-bond acceptors (Lipinski definition) is 4. The molecule has 0 spiro atoms. The van der Waals surface area contributed by atoms with Crippen molar-refractivity contribution >= 4 is 12.2 Å². The Kier molecular flexibility index (Phi) is 3.87. The molecule has 0 atom stereocenters. The molecule has 110 valence electrons. The smallest absolute Gasteiger partial charge is 0.221 e. The number of aromatic nitrogens is 2. The quantitative estimate of drug-likeness (QED) is 0.749. The van der Waals surface area contributed by atoms with Crippen LogP contribution in [-0.4, -0.2) is 15.9 Å². The molecule has 0 aliphatic heterocycles. The molecule has 5 nitrogen and oxygen atoms in total. The summed E-state index contributed by atoms with van der Waals surface area (Å²) >= 11 is 0. The summed E-state index contributed by atoms with van der Waals surface area (Å²) < 4.78 is 7.42. The van der Waals surface area contributed by atoms with E-state index in [4.69, 9.17) is 10.5 Å². The van der Waals surface area contributed by atoms with E-state index in [9.17, 15) is 0 Å². The van der Waals surface area contributed by atoms with Crippen LogP contribution >= 0.6 is 0 Å². The number of nitrogen functional groups attached to an aromatic ring is 1. The monoisotopic (exact) mass is 292 g/mol. The van der Waals surface area contributed by atoms with Gasteiger partial charge in [-0.3, -0.25) is 0 Å². The van der Waals surface area contributed by atoms with Gasteiger partial charge in [-0.05, 0) is 31.2 Å². The Morgan fingerprint density at radius 1 is 1.09 bits per heavy atom. The second-order valence-electron chi connectivity index (χ2n) is 4.78. The number of hydrogen-bond donors (Lipinski definition) is 1. The van der Waals surface area contributed by atoms with Crippen molar-refractivity contribution in [1.29, 1.82) is 0 Å². The lowest BCUT2D eigenvalue weighted by atomic mass is 10.2. The van der Waals surface area contributed by atoms with E-state index in [0.29, 0.717) is 5.95 Å². The standard InChI is InChI=1S/C17H16N4O/c1-13-12-21(17(18)20-13)19-11-14-7-5-6-10-16(14)22-15-8-3-2-4-9-15/h2-12H,1H3,(H2,18,20). The van der Waals surface area contributed by atoms with E-state index in [-0.39, 0.29) is 0 Å². The summed E-state index contributed by atoms with van der Waals surface area (Å²) in [6.45, 7) is 1.87. The molecule has 0 aliphatic carbocycles. The number of anilines is 1. The van der Waals surface area contributed by atoms with Gasteiger partial charge in [0.2, 0.25) is 5.95 Å². The van der Waals surface area contributed by atoms with Crippen LogP contribution in [0.4, 0.5) is 5.95 Å². The van der Waals surface area contributed by atoms with Crippen LogP contribution in [0.3, 0.4) is 0 Å². The van der Waals surface area contributed by atoms with Gasteiger partial charge >= 0.3 is 0 Å². The highest BCUT2D eigenvalue weighted by atomic mass is 16.5. The molecule has 2 N–H and O–H groups in total. The van der Waals surface area contributed by atoms with E-state index in [2.05, 4.69) is 10.1 Å². The van der Waals surface area contributed by atoms with Gasteiger partial charge in [-0.25, -0.2) is 9.66 Å². The summed E-state index contributed by atoms with van der Waals surface area (Å²) in [4.78, 5) is 4.11. The fourth-order valence-electron chi connectivity index (χ4n) is 2.02. The topological polar surface area (TPSA) is 65.4 Å². The molecule has 2 aromatic carbocycles. The number of nitrogens with zero attached hydrogens (tertiary/aromatic N) is 3. The van der Waals surface area contributed by atoms with Gasteiger partial charge in [0, 0.05) is 5.56 Å². The Morgan fingerprint density at radius 2 is 1.82 bits per heavy atom. The third kappa shape index (κ3) is 3.15. The predicted molar refractivity (Wildman–Crippen MR) is 87.3 cm³/mol. The average molecular weight is 292 g/mol. The van der Waals surface area contributed by atoms with Crippen LogP contribution in [0.5, 0.6) is 11.5 Å². The van der Waals surface area contributed by atoms with Crippen LogP contribution in [0.2, 0.25) is 0 Å². The molecule has 0 saturated carbocycles. The zero-order chi connectivity index (χ0) is 15.4. The van der Waals surface area contributed by atoms with E-state index in [0.717, 1.165) is 22.8 Å². The highest BCUT2D eigenvalue weighted by Gasteiger charge is 2.03. The molecular formula is C17H16N4O. The normalized spacial score (nSPS) is 11.0. The number of rotatable bonds is 4. The highest BCUT2D eigenvalue weighted by molar-refractivity contribution is 5.83. The zero-order valence-electron chi connectivity index (χ0n) is 12.2. The number of para-hydroxylation sites is 2. The number of ether oxygens (including phenoxy) is 1. The second-order valence-corrected chi connectivity index (χ2v) is 4.78. The van der Waals surface area contributed by atoms with Crippen molar-refractivity contribution in [3.8, 4) is 11.5 Å². The molecule has 22 heavy (non-hydrogen) atoms. The molecule has 0 amide bonds. The van der Waals surface area contributed by atoms with E-state index in [1.807, 2.05) is 61.5 Å². The molecule has 0 radical (unpaired) electrons. The maximum absolute atomic E-state index is 5.89. The molecule has 0 bridgehead atoms. The van der Waals surface area contributed by atoms with Gasteiger partial charge in [-0.15, -0.1) is 0 Å². The summed E-state index contributed by atoms with van der Waals surface area (Å²) in [7, 11) is 0. The second kappa shape index (κ2) is 6.13. The van der Waals surface area contributed by atoms with Crippen molar-refractivity contribution in [2.75, 3.05) is 5.73 Å². The van der Waals surface area contributed by atoms with E-state index < -0.39 is 0 Å². The first-order valence-corrected chi connectivity index (χ1v) is 6.90. The lowest BCUT2D eigenvalue weighted by Gasteiger charge is -2.08. The molecule has 5 heteroatoms. The van der Waals surface area contributed by atoms with Crippen molar-refractivity contribution in [1.82, 2.24) is 9.66 Å². The maximum Gasteiger partial charge on any atom is 0.221 e. The number of imidazole rings is 1. The Balaban J connectivity index is 1.87. The first kappa shape index (κ1) is 13.9. The van der Waals surface area contributed by atoms with Crippen LogP contribution in [0.15, 0.2) is 65.9 Å². The maximum atomic E-state index is 5.89. The third-order valence-electron chi connectivity index (χ3n) is 3.05. The molecule has 1 heterocycles. The van der Waals surface area contributed by atoms with Gasteiger partial charge < -0.3 is 10.5 Å². The van der Waals surface area contributed by atoms with Crippen LogP contribution in [-0.2, 0) is 0 Å². The lowest BCUT2D eigenvalue weighted by molar-refractivity contribution is 0.482. The summed E-state index contributed by atoms with van der Waals surface area (Å²) in [6.07, 6.45) is 3.47. The Labute approximate surface area is 128 Å². The van der Waals surface area contributed by atoms with Gasteiger partial charge in [0.25, 0.3) is 0 Å². The van der Waals surface area contributed by atoms with Gasteiger partial charge in [0.1, 0.15) is 11.5 Å². The van der Waals surface area contributed by atoms with Gasteiger partial charge in [0.15, 0.2) is 0 Å².